The summed E-state index contributed by atoms with van der Waals surface area (Å²) in [6.07, 6.45) is -3.08. The third kappa shape index (κ3) is 7.34. The predicted molar refractivity (Wildman–Crippen MR) is 175 cm³/mol. The van der Waals surface area contributed by atoms with E-state index in [1.165, 1.54) is 10.4 Å². The number of fused-ring (bicyclic) bond motifs is 1. The monoisotopic (exact) mass is 659 g/mol. The molecule has 4 aromatic rings. The lowest BCUT2D eigenvalue weighted by Crippen LogP contribution is -2.51. The molecule has 5 N–H and O–H groups in total. The number of halogens is 3. The first kappa shape index (κ1) is 33.7. The minimum absolute atomic E-state index is 0.0252. The van der Waals surface area contributed by atoms with Gasteiger partial charge in [-0.05, 0) is 69.0 Å². The zero-order valence-electron chi connectivity index (χ0n) is 26.0. The van der Waals surface area contributed by atoms with Gasteiger partial charge < -0.3 is 20.3 Å². The summed E-state index contributed by atoms with van der Waals surface area (Å²) in [7, 11) is -3.06. The molecule has 9 nitrogen and oxygen atoms in total. The van der Waals surface area contributed by atoms with Gasteiger partial charge in [0.05, 0.1) is 41.0 Å². The van der Waals surface area contributed by atoms with Crippen molar-refractivity contribution in [2.45, 2.75) is 64.0 Å². The minimum Gasteiger partial charge on any atom is -0.390 e. The van der Waals surface area contributed by atoms with Crippen LogP contribution in [0.2, 0.25) is 0 Å². The van der Waals surface area contributed by atoms with E-state index < -0.39 is 46.1 Å². The van der Waals surface area contributed by atoms with Crippen molar-refractivity contribution in [1.82, 2.24) is 20.2 Å². The SMILES string of the molecule is CCn1cnc2c(N3CCCS3(O)O)cc(C(=O)N[C@@H](Cc3ccccc3)[C@H](O)CNC(C)(C)c3cccc(C(F)(F)F)c3)cc21. The van der Waals surface area contributed by atoms with E-state index in [1.54, 1.807) is 38.4 Å². The molecule has 0 saturated carbocycles. The van der Waals surface area contributed by atoms with Crippen LogP contribution in [0.5, 0.6) is 0 Å². The molecule has 1 fully saturated rings. The van der Waals surface area contributed by atoms with Crippen LogP contribution in [0, 0.1) is 0 Å². The molecule has 0 unspecified atom stereocenters. The highest BCUT2D eigenvalue weighted by molar-refractivity contribution is 8.25. The van der Waals surface area contributed by atoms with Crippen molar-refractivity contribution in [2.24, 2.45) is 0 Å². The number of aromatic nitrogens is 2. The Morgan fingerprint density at radius 2 is 1.76 bits per heavy atom. The van der Waals surface area contributed by atoms with E-state index in [-0.39, 0.29) is 24.3 Å². The number of nitrogens with zero attached hydrogens (tertiary/aromatic N) is 3. The fraction of sp³-hybridized carbons (Fsp3) is 0.394. The van der Waals surface area contributed by atoms with Crippen LogP contribution >= 0.6 is 10.8 Å². The van der Waals surface area contributed by atoms with Crippen LogP contribution in [-0.2, 0) is 24.7 Å². The fourth-order valence-corrected chi connectivity index (χ4v) is 7.36. The Morgan fingerprint density at radius 3 is 2.41 bits per heavy atom. The zero-order valence-corrected chi connectivity index (χ0v) is 26.8. The van der Waals surface area contributed by atoms with Crippen molar-refractivity contribution < 1.29 is 32.2 Å². The number of imidazole rings is 1. The van der Waals surface area contributed by atoms with Crippen molar-refractivity contribution >= 4 is 33.4 Å². The topological polar surface area (TPSA) is 123 Å². The quantitative estimate of drug-likeness (QED) is 0.130. The van der Waals surface area contributed by atoms with Gasteiger partial charge >= 0.3 is 6.18 Å². The summed E-state index contributed by atoms with van der Waals surface area (Å²) in [5, 5.41) is 17.6. The Hall–Kier alpha value is -3.62. The number of carbonyl (C=O) groups excluding carboxylic acids is 1. The van der Waals surface area contributed by atoms with Gasteiger partial charge in [-0.1, -0.05) is 42.5 Å². The first-order chi connectivity index (χ1) is 21.7. The van der Waals surface area contributed by atoms with Crippen LogP contribution in [0.15, 0.2) is 73.1 Å². The number of rotatable bonds is 11. The first-order valence-corrected chi connectivity index (χ1v) is 16.8. The number of aryl methyl sites for hydroxylation is 1. The van der Waals surface area contributed by atoms with E-state index >= 15 is 0 Å². The maximum Gasteiger partial charge on any atom is 0.416 e. The summed E-state index contributed by atoms with van der Waals surface area (Å²) in [5.74, 6) is -0.242. The molecule has 0 bridgehead atoms. The van der Waals surface area contributed by atoms with Crippen LogP contribution < -0.4 is 14.9 Å². The highest BCUT2D eigenvalue weighted by Crippen LogP contribution is 2.52. The molecule has 3 aromatic carbocycles. The average molecular weight is 660 g/mol. The standard InChI is InChI=1S/C33H40F3N5O4S/c1-4-40-21-37-30-27(40)17-23(18-28(30)41-14-9-15-46(41,44)45)31(43)39-26(16-22-10-6-5-7-11-22)29(42)20-38-32(2,3)24-12-8-13-25(19-24)33(34,35)36/h5-8,10-13,17-19,21,26,29,38,42,44-45H,4,9,14-16,20H2,1-3H3,(H,39,43)/t26-,29+/m0/s1. The van der Waals surface area contributed by atoms with Crippen LogP contribution in [0.1, 0.15) is 54.2 Å². The number of nitrogens with one attached hydrogen (secondary N) is 2. The van der Waals surface area contributed by atoms with E-state index in [1.807, 2.05) is 41.8 Å². The molecule has 0 aliphatic carbocycles. The number of aliphatic hydroxyl groups excluding tert-OH is 1. The molecule has 0 spiro atoms. The van der Waals surface area contributed by atoms with Gasteiger partial charge in [0, 0.05) is 30.7 Å². The van der Waals surface area contributed by atoms with Gasteiger partial charge in [-0.25, -0.2) is 4.98 Å². The van der Waals surface area contributed by atoms with Crippen LogP contribution in [0.25, 0.3) is 11.0 Å². The van der Waals surface area contributed by atoms with E-state index in [9.17, 15) is 32.2 Å². The van der Waals surface area contributed by atoms with Gasteiger partial charge in [-0.2, -0.15) is 13.2 Å². The molecule has 1 saturated heterocycles. The average Bonchev–Trinajstić information content (AvgIpc) is 3.61. The van der Waals surface area contributed by atoms with E-state index in [2.05, 4.69) is 15.6 Å². The van der Waals surface area contributed by atoms with Gasteiger partial charge in [0.25, 0.3) is 5.91 Å². The summed E-state index contributed by atoms with van der Waals surface area (Å²) in [6, 6.07) is 16.9. The second-order valence-corrected chi connectivity index (χ2v) is 14.2. The predicted octanol–water partition coefficient (Wildman–Crippen LogP) is 6.18. The maximum absolute atomic E-state index is 13.9. The Balaban J connectivity index is 1.41. The van der Waals surface area contributed by atoms with Crippen LogP contribution in [0.4, 0.5) is 18.9 Å². The van der Waals surface area contributed by atoms with Gasteiger partial charge in [-0.15, -0.1) is 10.8 Å². The Kier molecular flexibility index (Phi) is 9.71. The Morgan fingerprint density at radius 1 is 1.04 bits per heavy atom. The van der Waals surface area contributed by atoms with Crippen LogP contribution in [-0.4, -0.2) is 60.7 Å². The number of carbonyl (C=O) groups is 1. The summed E-state index contributed by atoms with van der Waals surface area (Å²) >= 11 is 0. The lowest BCUT2D eigenvalue weighted by molar-refractivity contribution is -0.137. The van der Waals surface area contributed by atoms with Crippen molar-refractivity contribution in [1.29, 1.82) is 0 Å². The molecule has 5 rings (SSSR count). The second kappa shape index (κ2) is 13.2. The molecule has 0 radical (unpaired) electrons. The molecular formula is C33H40F3N5O4S. The first-order valence-electron chi connectivity index (χ1n) is 15.2. The number of hydrogen-bond donors (Lipinski definition) is 5. The lowest BCUT2D eigenvalue weighted by atomic mass is 9.92. The highest BCUT2D eigenvalue weighted by atomic mass is 32.3. The number of aliphatic hydroxyl groups is 1. The van der Waals surface area contributed by atoms with Gasteiger partial charge in [0.15, 0.2) is 0 Å². The molecule has 1 aliphatic heterocycles. The molecule has 1 aliphatic rings. The normalized spacial score (nSPS) is 17.2. The third-order valence-electron chi connectivity index (χ3n) is 8.45. The van der Waals surface area contributed by atoms with Crippen molar-refractivity contribution in [3.8, 4) is 0 Å². The molecule has 1 aromatic heterocycles. The minimum atomic E-state index is -4.49. The van der Waals surface area contributed by atoms with E-state index in [0.717, 1.165) is 17.7 Å². The van der Waals surface area contributed by atoms with Crippen molar-refractivity contribution in [2.75, 3.05) is 23.1 Å². The second-order valence-electron chi connectivity index (χ2n) is 12.1. The summed E-state index contributed by atoms with van der Waals surface area (Å²) in [4.78, 5) is 18.4. The zero-order chi connectivity index (χ0) is 33.3. The molecule has 248 valence electrons. The number of alkyl halides is 3. The summed E-state index contributed by atoms with van der Waals surface area (Å²) in [6.45, 7) is 6.37. The number of benzene rings is 3. The molecule has 2 heterocycles. The molecular weight excluding hydrogens is 619 g/mol. The van der Waals surface area contributed by atoms with Crippen molar-refractivity contribution in [3.63, 3.8) is 0 Å². The highest BCUT2D eigenvalue weighted by Gasteiger charge is 2.34. The Bertz CT molecular complexity index is 1680. The fourth-order valence-electron chi connectivity index (χ4n) is 5.75. The number of amides is 1. The van der Waals surface area contributed by atoms with E-state index in [0.29, 0.717) is 41.8 Å². The lowest BCUT2D eigenvalue weighted by Gasteiger charge is -2.38. The number of anilines is 1. The summed E-state index contributed by atoms with van der Waals surface area (Å²) < 4.78 is 65.0. The smallest absolute Gasteiger partial charge is 0.390 e. The molecule has 1 amide bonds. The molecule has 13 heteroatoms. The maximum atomic E-state index is 13.9. The van der Waals surface area contributed by atoms with Gasteiger partial charge in [-0.3, -0.25) is 18.2 Å². The Labute approximate surface area is 267 Å². The van der Waals surface area contributed by atoms with E-state index in [4.69, 9.17) is 0 Å². The van der Waals surface area contributed by atoms with Crippen molar-refractivity contribution in [3.05, 3.63) is 95.3 Å². The van der Waals surface area contributed by atoms with Gasteiger partial charge in [0.1, 0.15) is 5.52 Å². The molecule has 2 atom stereocenters. The van der Waals surface area contributed by atoms with Crippen LogP contribution in [0.3, 0.4) is 0 Å². The molecule has 46 heavy (non-hydrogen) atoms. The number of hydrogen-bond acceptors (Lipinski definition) is 7. The third-order valence-corrected chi connectivity index (χ3v) is 10.4. The van der Waals surface area contributed by atoms with Gasteiger partial charge in [0.2, 0.25) is 0 Å². The summed E-state index contributed by atoms with van der Waals surface area (Å²) in [5.41, 5.74) is 1.53. The largest absolute Gasteiger partial charge is 0.416 e.